The number of halogens is 1. The molecular formula is C23H31FN2O5S. The third kappa shape index (κ3) is 6.16. The van der Waals surface area contributed by atoms with Gasteiger partial charge in [0.05, 0.1) is 5.56 Å². The molecule has 1 N–H and O–H groups in total. The molecule has 1 saturated heterocycles. The van der Waals surface area contributed by atoms with Gasteiger partial charge < -0.3 is 10.1 Å². The predicted molar refractivity (Wildman–Crippen MR) is 118 cm³/mol. The van der Waals surface area contributed by atoms with Crippen LogP contribution in [-0.2, 0) is 19.6 Å². The molecule has 1 unspecified atom stereocenters. The largest absolute Gasteiger partial charge is 0.449 e. The first-order valence-electron chi connectivity index (χ1n) is 11.3. The van der Waals surface area contributed by atoms with Gasteiger partial charge in [0.15, 0.2) is 6.10 Å². The van der Waals surface area contributed by atoms with E-state index in [2.05, 4.69) is 11.4 Å². The van der Waals surface area contributed by atoms with Gasteiger partial charge in [0.1, 0.15) is 10.7 Å². The van der Waals surface area contributed by atoms with Gasteiger partial charge in [0, 0.05) is 19.6 Å². The maximum atomic E-state index is 14.3. The molecule has 176 valence electrons. The Bertz CT molecular complexity index is 971. The molecule has 0 bridgehead atoms. The van der Waals surface area contributed by atoms with Crippen LogP contribution in [0.4, 0.5) is 4.39 Å². The number of rotatable bonds is 8. The monoisotopic (exact) mass is 466 g/mol. The molecule has 7 nitrogen and oxygen atoms in total. The van der Waals surface area contributed by atoms with Crippen LogP contribution in [0.1, 0.15) is 68.6 Å². The number of nitrogens with one attached hydrogen (secondary N) is 1. The van der Waals surface area contributed by atoms with Gasteiger partial charge in [-0.05, 0) is 70.1 Å². The summed E-state index contributed by atoms with van der Waals surface area (Å²) < 4.78 is 46.4. The first-order valence-corrected chi connectivity index (χ1v) is 12.7. The second kappa shape index (κ2) is 11.0. The average molecular weight is 467 g/mol. The highest BCUT2D eigenvalue weighted by molar-refractivity contribution is 7.89. The van der Waals surface area contributed by atoms with Crippen LogP contribution in [0.25, 0.3) is 0 Å². The van der Waals surface area contributed by atoms with Crippen molar-refractivity contribution in [1.82, 2.24) is 9.62 Å². The molecule has 1 aliphatic carbocycles. The lowest BCUT2D eigenvalue weighted by Gasteiger charge is -2.26. The minimum absolute atomic E-state index is 0.117. The topological polar surface area (TPSA) is 92.8 Å². The molecule has 1 atom stereocenters. The van der Waals surface area contributed by atoms with E-state index < -0.39 is 38.7 Å². The van der Waals surface area contributed by atoms with Gasteiger partial charge in [0.2, 0.25) is 10.0 Å². The summed E-state index contributed by atoms with van der Waals surface area (Å²) in [6.45, 7) is 2.55. The SMILES string of the molecule is CC(OC(=O)c1ccc(F)c(S(=O)(=O)N2CCCCC2)c1)C(=O)NCCC1=CCCCC1. The first kappa shape index (κ1) is 24.4. The molecule has 0 aromatic heterocycles. The van der Waals surface area contributed by atoms with E-state index in [9.17, 15) is 22.4 Å². The second-order valence-corrected chi connectivity index (χ2v) is 10.2. The zero-order chi connectivity index (χ0) is 23.1. The highest BCUT2D eigenvalue weighted by atomic mass is 32.2. The van der Waals surface area contributed by atoms with Crippen molar-refractivity contribution in [2.24, 2.45) is 0 Å². The summed E-state index contributed by atoms with van der Waals surface area (Å²) in [6.07, 6.45) is 8.77. The van der Waals surface area contributed by atoms with E-state index in [1.54, 1.807) is 0 Å². The molecule has 1 aliphatic heterocycles. The van der Waals surface area contributed by atoms with Crippen LogP contribution in [0, 0.1) is 5.82 Å². The molecular weight excluding hydrogens is 435 g/mol. The number of carbonyl (C=O) groups excluding carboxylic acids is 2. The molecule has 1 amide bonds. The number of ether oxygens (including phenoxy) is 1. The van der Waals surface area contributed by atoms with Crippen molar-refractivity contribution in [3.63, 3.8) is 0 Å². The van der Waals surface area contributed by atoms with Crippen LogP contribution < -0.4 is 5.32 Å². The lowest BCUT2D eigenvalue weighted by atomic mass is 9.97. The Hall–Kier alpha value is -2.26. The highest BCUT2D eigenvalue weighted by Crippen LogP contribution is 2.24. The molecule has 32 heavy (non-hydrogen) atoms. The van der Waals surface area contributed by atoms with Gasteiger partial charge in [-0.15, -0.1) is 0 Å². The maximum Gasteiger partial charge on any atom is 0.338 e. The molecule has 0 spiro atoms. The molecule has 1 heterocycles. The zero-order valence-corrected chi connectivity index (χ0v) is 19.3. The quantitative estimate of drug-likeness (QED) is 0.467. The van der Waals surface area contributed by atoms with Gasteiger partial charge in [-0.1, -0.05) is 18.1 Å². The molecule has 0 radical (unpaired) electrons. The summed E-state index contributed by atoms with van der Waals surface area (Å²) in [5.41, 5.74) is 1.21. The van der Waals surface area contributed by atoms with E-state index >= 15 is 0 Å². The average Bonchev–Trinajstić information content (AvgIpc) is 2.80. The van der Waals surface area contributed by atoms with E-state index in [-0.39, 0.29) is 5.56 Å². The van der Waals surface area contributed by atoms with E-state index in [0.717, 1.165) is 43.9 Å². The van der Waals surface area contributed by atoms with Crippen molar-refractivity contribution < 1.29 is 27.1 Å². The van der Waals surface area contributed by atoms with Crippen molar-refractivity contribution in [2.45, 2.75) is 69.3 Å². The third-order valence-electron chi connectivity index (χ3n) is 5.88. The highest BCUT2D eigenvalue weighted by Gasteiger charge is 2.30. The Balaban J connectivity index is 1.60. The fourth-order valence-corrected chi connectivity index (χ4v) is 5.58. The summed E-state index contributed by atoms with van der Waals surface area (Å²) >= 11 is 0. The summed E-state index contributed by atoms with van der Waals surface area (Å²) in [4.78, 5) is 24.2. The summed E-state index contributed by atoms with van der Waals surface area (Å²) in [7, 11) is -4.05. The number of esters is 1. The number of allylic oxidation sites excluding steroid dienone is 1. The lowest BCUT2D eigenvalue weighted by Crippen LogP contribution is -2.37. The molecule has 3 rings (SSSR count). The number of hydrogen-bond acceptors (Lipinski definition) is 5. The number of sulfonamides is 1. The molecule has 0 saturated carbocycles. The van der Waals surface area contributed by atoms with Crippen molar-refractivity contribution >= 4 is 21.9 Å². The standard InChI is InChI=1S/C23H31FN2O5S/c1-17(22(27)25-13-12-18-8-4-2-5-9-18)31-23(28)19-10-11-20(24)21(16-19)32(29,30)26-14-6-3-7-15-26/h8,10-11,16-17H,2-7,9,12-15H2,1H3,(H,25,27). The fourth-order valence-electron chi connectivity index (χ4n) is 3.98. The Morgan fingerprint density at radius 1 is 1.16 bits per heavy atom. The van der Waals surface area contributed by atoms with Crippen molar-refractivity contribution in [2.75, 3.05) is 19.6 Å². The smallest absolute Gasteiger partial charge is 0.338 e. The van der Waals surface area contributed by atoms with Gasteiger partial charge in [0.25, 0.3) is 5.91 Å². The Labute approximate surface area is 189 Å². The predicted octanol–water partition coefficient (Wildman–Crippen LogP) is 3.55. The van der Waals surface area contributed by atoms with Gasteiger partial charge in [-0.25, -0.2) is 17.6 Å². The van der Waals surface area contributed by atoms with E-state index in [1.807, 2.05) is 0 Å². The van der Waals surface area contributed by atoms with Crippen molar-refractivity contribution in [3.8, 4) is 0 Å². The van der Waals surface area contributed by atoms with E-state index in [4.69, 9.17) is 4.74 Å². The van der Waals surface area contributed by atoms with Crippen LogP contribution in [-0.4, -0.2) is 50.3 Å². The first-order chi connectivity index (χ1) is 15.3. The van der Waals surface area contributed by atoms with Crippen LogP contribution in [0.2, 0.25) is 0 Å². The van der Waals surface area contributed by atoms with E-state index in [0.29, 0.717) is 32.5 Å². The number of hydrogen-bond donors (Lipinski definition) is 1. The Morgan fingerprint density at radius 3 is 2.59 bits per heavy atom. The molecule has 9 heteroatoms. The van der Waals surface area contributed by atoms with Gasteiger partial charge >= 0.3 is 5.97 Å². The van der Waals surface area contributed by atoms with Crippen LogP contribution >= 0.6 is 0 Å². The van der Waals surface area contributed by atoms with Crippen LogP contribution in [0.5, 0.6) is 0 Å². The fraction of sp³-hybridized carbons (Fsp3) is 0.565. The summed E-state index contributed by atoms with van der Waals surface area (Å²) in [5.74, 6) is -2.23. The van der Waals surface area contributed by atoms with E-state index in [1.165, 1.54) is 29.6 Å². The number of carbonyl (C=O) groups is 2. The van der Waals surface area contributed by atoms with Crippen molar-refractivity contribution in [1.29, 1.82) is 0 Å². The third-order valence-corrected chi connectivity index (χ3v) is 7.80. The number of benzene rings is 1. The Morgan fingerprint density at radius 2 is 1.91 bits per heavy atom. The molecule has 1 fully saturated rings. The number of nitrogens with zero attached hydrogens (tertiary/aromatic N) is 1. The van der Waals surface area contributed by atoms with Crippen molar-refractivity contribution in [3.05, 3.63) is 41.2 Å². The van der Waals surface area contributed by atoms with Crippen LogP contribution in [0.15, 0.2) is 34.7 Å². The van der Waals surface area contributed by atoms with Gasteiger partial charge in [-0.3, -0.25) is 4.79 Å². The second-order valence-electron chi connectivity index (χ2n) is 8.31. The minimum atomic E-state index is -4.05. The van der Waals surface area contributed by atoms with Crippen LogP contribution in [0.3, 0.4) is 0 Å². The lowest BCUT2D eigenvalue weighted by molar-refractivity contribution is -0.129. The molecule has 1 aromatic carbocycles. The normalized spacial score (nSPS) is 18.5. The molecule has 2 aliphatic rings. The maximum absolute atomic E-state index is 14.3. The zero-order valence-electron chi connectivity index (χ0n) is 18.4. The Kier molecular flexibility index (Phi) is 8.42. The van der Waals surface area contributed by atoms with Gasteiger partial charge in [-0.2, -0.15) is 4.31 Å². The molecule has 1 aromatic rings. The summed E-state index contributed by atoms with van der Waals surface area (Å²) in [5, 5.41) is 2.75. The number of amides is 1. The number of piperidine rings is 1. The minimum Gasteiger partial charge on any atom is -0.449 e. The summed E-state index contributed by atoms with van der Waals surface area (Å²) in [6, 6.07) is 3.09.